The zero-order valence-electron chi connectivity index (χ0n) is 10.1. The van der Waals surface area contributed by atoms with E-state index in [1.165, 1.54) is 0 Å². The molecule has 0 radical (unpaired) electrons. The molecule has 6 nitrogen and oxygen atoms in total. The van der Waals surface area contributed by atoms with Crippen molar-refractivity contribution in [1.82, 2.24) is 19.9 Å². The fourth-order valence-electron chi connectivity index (χ4n) is 1.61. The van der Waals surface area contributed by atoms with Crippen molar-refractivity contribution >= 4 is 11.6 Å². The van der Waals surface area contributed by atoms with Crippen molar-refractivity contribution in [2.75, 3.05) is 18.9 Å². The number of imidazole rings is 1. The zero-order chi connectivity index (χ0) is 12.8. The van der Waals surface area contributed by atoms with Crippen LogP contribution >= 0.6 is 0 Å². The second-order valence-corrected chi connectivity index (χ2v) is 3.73. The van der Waals surface area contributed by atoms with Crippen LogP contribution in [0.5, 0.6) is 0 Å². The Morgan fingerprint density at radius 3 is 3.00 bits per heavy atom. The van der Waals surface area contributed by atoms with Crippen LogP contribution in [-0.4, -0.2) is 34.0 Å². The number of carbonyl (C=O) groups excluding carboxylic acids is 1. The molecule has 0 saturated heterocycles. The highest BCUT2D eigenvalue weighted by atomic mass is 16.1. The van der Waals surface area contributed by atoms with Crippen LogP contribution in [0.1, 0.15) is 10.4 Å². The van der Waals surface area contributed by atoms with Crippen molar-refractivity contribution in [3.63, 3.8) is 0 Å². The number of pyridine rings is 1. The Labute approximate surface area is 105 Å². The molecule has 18 heavy (non-hydrogen) atoms. The molecule has 0 aliphatic heterocycles. The Hall–Kier alpha value is -2.37. The van der Waals surface area contributed by atoms with Crippen LogP contribution in [0.15, 0.2) is 37.2 Å². The molecule has 0 fully saturated rings. The van der Waals surface area contributed by atoms with Crippen molar-refractivity contribution in [3.8, 4) is 0 Å². The maximum absolute atomic E-state index is 11.9. The molecule has 94 valence electrons. The molecule has 2 heterocycles. The van der Waals surface area contributed by atoms with Gasteiger partial charge in [-0.25, -0.2) is 4.98 Å². The van der Waals surface area contributed by atoms with Crippen LogP contribution < -0.4 is 10.6 Å². The van der Waals surface area contributed by atoms with Gasteiger partial charge in [0.15, 0.2) is 0 Å². The summed E-state index contributed by atoms with van der Waals surface area (Å²) in [6.07, 6.45) is 8.49. The summed E-state index contributed by atoms with van der Waals surface area (Å²) in [5.74, 6) is -0.132. The molecular weight excluding hydrogens is 230 g/mol. The van der Waals surface area contributed by atoms with E-state index in [-0.39, 0.29) is 5.91 Å². The molecule has 0 bridgehead atoms. The molecule has 2 rings (SSSR count). The van der Waals surface area contributed by atoms with Gasteiger partial charge in [-0.15, -0.1) is 0 Å². The maximum atomic E-state index is 11.9. The van der Waals surface area contributed by atoms with E-state index >= 15 is 0 Å². The fourth-order valence-corrected chi connectivity index (χ4v) is 1.61. The molecule has 2 aromatic heterocycles. The molecule has 1 amide bonds. The molecule has 2 N–H and O–H groups in total. The van der Waals surface area contributed by atoms with Gasteiger partial charge in [-0.1, -0.05) is 0 Å². The second kappa shape index (κ2) is 5.81. The third-order valence-electron chi connectivity index (χ3n) is 2.55. The zero-order valence-corrected chi connectivity index (χ0v) is 10.1. The predicted octanol–water partition coefficient (Wildman–Crippen LogP) is 0.750. The van der Waals surface area contributed by atoms with Crippen molar-refractivity contribution in [3.05, 3.63) is 42.7 Å². The highest BCUT2D eigenvalue weighted by Gasteiger charge is 2.09. The lowest BCUT2D eigenvalue weighted by Gasteiger charge is -2.09. The van der Waals surface area contributed by atoms with E-state index in [0.29, 0.717) is 18.7 Å². The number of nitrogens with one attached hydrogen (secondary N) is 2. The molecule has 0 aromatic carbocycles. The van der Waals surface area contributed by atoms with E-state index in [1.807, 2.05) is 10.8 Å². The summed E-state index contributed by atoms with van der Waals surface area (Å²) >= 11 is 0. The van der Waals surface area contributed by atoms with Crippen molar-refractivity contribution in [2.45, 2.75) is 6.54 Å². The third kappa shape index (κ3) is 2.85. The van der Waals surface area contributed by atoms with Crippen LogP contribution in [-0.2, 0) is 6.54 Å². The van der Waals surface area contributed by atoms with E-state index in [2.05, 4.69) is 20.6 Å². The van der Waals surface area contributed by atoms with E-state index < -0.39 is 0 Å². The van der Waals surface area contributed by atoms with E-state index in [1.54, 1.807) is 38.0 Å². The standard InChI is InChI=1S/C12H15N5O/c1-13-11-2-3-14-8-10(11)12(18)16-5-7-17-6-4-15-9-17/h2-4,6,8-9H,5,7H2,1H3,(H,13,14)(H,16,18). The molecule has 2 aromatic rings. The lowest BCUT2D eigenvalue weighted by atomic mass is 10.2. The van der Waals surface area contributed by atoms with Gasteiger partial charge in [0.1, 0.15) is 0 Å². The summed E-state index contributed by atoms with van der Waals surface area (Å²) in [5.41, 5.74) is 1.32. The van der Waals surface area contributed by atoms with Gasteiger partial charge in [0, 0.05) is 50.6 Å². The first-order valence-corrected chi connectivity index (χ1v) is 5.67. The third-order valence-corrected chi connectivity index (χ3v) is 2.55. The van der Waals surface area contributed by atoms with E-state index in [0.717, 1.165) is 5.69 Å². The van der Waals surface area contributed by atoms with Gasteiger partial charge >= 0.3 is 0 Å². The number of hydrogen-bond donors (Lipinski definition) is 2. The summed E-state index contributed by atoms with van der Waals surface area (Å²) in [4.78, 5) is 19.8. The monoisotopic (exact) mass is 245 g/mol. The van der Waals surface area contributed by atoms with Gasteiger partial charge < -0.3 is 15.2 Å². The first-order valence-electron chi connectivity index (χ1n) is 5.67. The average molecular weight is 245 g/mol. The smallest absolute Gasteiger partial charge is 0.255 e. The first kappa shape index (κ1) is 12.1. The number of carbonyl (C=O) groups is 1. The second-order valence-electron chi connectivity index (χ2n) is 3.73. The lowest BCUT2D eigenvalue weighted by Crippen LogP contribution is -2.27. The summed E-state index contributed by atoms with van der Waals surface area (Å²) in [6.45, 7) is 1.24. The van der Waals surface area contributed by atoms with Gasteiger partial charge in [0.2, 0.25) is 0 Å². The van der Waals surface area contributed by atoms with Crippen LogP contribution in [0.4, 0.5) is 5.69 Å². The normalized spacial score (nSPS) is 10.1. The summed E-state index contributed by atoms with van der Waals surface area (Å²) in [5, 5.41) is 5.81. The summed E-state index contributed by atoms with van der Waals surface area (Å²) < 4.78 is 1.91. The molecule has 6 heteroatoms. The number of rotatable bonds is 5. The van der Waals surface area contributed by atoms with Crippen molar-refractivity contribution < 1.29 is 4.79 Å². The number of hydrogen-bond acceptors (Lipinski definition) is 4. The van der Waals surface area contributed by atoms with Crippen LogP contribution in [0.3, 0.4) is 0 Å². The quantitative estimate of drug-likeness (QED) is 0.815. The Morgan fingerprint density at radius 1 is 1.39 bits per heavy atom. The molecule has 0 spiro atoms. The summed E-state index contributed by atoms with van der Waals surface area (Å²) in [6, 6.07) is 1.77. The molecule has 0 unspecified atom stereocenters. The Kier molecular flexibility index (Phi) is 3.90. The van der Waals surface area contributed by atoms with Gasteiger partial charge in [-0.05, 0) is 6.07 Å². The Morgan fingerprint density at radius 2 is 2.28 bits per heavy atom. The van der Waals surface area contributed by atoms with Crippen LogP contribution in [0, 0.1) is 0 Å². The molecule has 0 atom stereocenters. The topological polar surface area (TPSA) is 71.8 Å². The maximum Gasteiger partial charge on any atom is 0.255 e. The number of nitrogens with zero attached hydrogens (tertiary/aromatic N) is 3. The average Bonchev–Trinajstić information content (AvgIpc) is 2.91. The summed E-state index contributed by atoms with van der Waals surface area (Å²) in [7, 11) is 1.78. The van der Waals surface area contributed by atoms with Gasteiger partial charge in [-0.2, -0.15) is 0 Å². The molecular formula is C12H15N5O. The van der Waals surface area contributed by atoms with E-state index in [4.69, 9.17) is 0 Å². The predicted molar refractivity (Wildman–Crippen MR) is 68.3 cm³/mol. The lowest BCUT2D eigenvalue weighted by molar-refractivity contribution is 0.0953. The van der Waals surface area contributed by atoms with Gasteiger partial charge in [0.25, 0.3) is 5.91 Å². The fraction of sp³-hybridized carbons (Fsp3) is 0.250. The number of amides is 1. The largest absolute Gasteiger partial charge is 0.387 e. The van der Waals surface area contributed by atoms with E-state index in [9.17, 15) is 4.79 Å². The van der Waals surface area contributed by atoms with Crippen LogP contribution in [0.25, 0.3) is 0 Å². The SMILES string of the molecule is CNc1ccncc1C(=O)NCCn1ccnc1. The number of aromatic nitrogens is 3. The van der Waals surface area contributed by atoms with Crippen LogP contribution in [0.2, 0.25) is 0 Å². The minimum absolute atomic E-state index is 0.132. The molecule has 0 aliphatic carbocycles. The molecule has 0 aliphatic rings. The first-order chi connectivity index (χ1) is 8.81. The minimum atomic E-state index is -0.132. The minimum Gasteiger partial charge on any atom is -0.387 e. The Balaban J connectivity index is 1.91. The molecule has 0 saturated carbocycles. The van der Waals surface area contributed by atoms with Gasteiger partial charge in [0.05, 0.1) is 11.9 Å². The van der Waals surface area contributed by atoms with Crippen molar-refractivity contribution in [1.29, 1.82) is 0 Å². The van der Waals surface area contributed by atoms with Gasteiger partial charge in [-0.3, -0.25) is 9.78 Å². The highest BCUT2D eigenvalue weighted by molar-refractivity contribution is 5.99. The number of anilines is 1. The highest BCUT2D eigenvalue weighted by Crippen LogP contribution is 2.11. The van der Waals surface area contributed by atoms with Crippen molar-refractivity contribution in [2.24, 2.45) is 0 Å². The Bertz CT molecular complexity index is 509.